The number of carbonyl (C=O) groups is 2. The average molecular weight is 157 g/mol. The van der Waals surface area contributed by atoms with Crippen molar-refractivity contribution in [1.29, 1.82) is 0 Å². The van der Waals surface area contributed by atoms with Crippen molar-refractivity contribution in [2.24, 2.45) is 0 Å². The van der Waals surface area contributed by atoms with Gasteiger partial charge in [-0.3, -0.25) is 9.59 Å². The van der Waals surface area contributed by atoms with Gasteiger partial charge in [0.15, 0.2) is 0 Å². The van der Waals surface area contributed by atoms with Crippen LogP contribution in [0.15, 0.2) is 0 Å². The number of carbonyl (C=O) groups excluding carboxylic acids is 1. The standard InChI is InChI=1S/C7H11NO3/c9-5-8-3-1-2-6(8)4-7(10)11/h5-6H,1-4H2,(H,10,11). The lowest BCUT2D eigenvalue weighted by atomic mass is 10.1. The van der Waals surface area contributed by atoms with Gasteiger partial charge in [0.2, 0.25) is 6.41 Å². The van der Waals surface area contributed by atoms with Gasteiger partial charge in [0.1, 0.15) is 0 Å². The Bertz CT molecular complexity index is 169. The summed E-state index contributed by atoms with van der Waals surface area (Å²) in [5, 5.41) is 8.44. The molecule has 0 aromatic rings. The van der Waals surface area contributed by atoms with Gasteiger partial charge >= 0.3 is 5.97 Å². The van der Waals surface area contributed by atoms with Crippen molar-refractivity contribution in [3.05, 3.63) is 0 Å². The van der Waals surface area contributed by atoms with E-state index in [-0.39, 0.29) is 12.5 Å². The summed E-state index contributed by atoms with van der Waals surface area (Å²) in [7, 11) is 0. The van der Waals surface area contributed by atoms with Gasteiger partial charge in [-0.1, -0.05) is 0 Å². The molecule has 4 nitrogen and oxygen atoms in total. The molecule has 0 bridgehead atoms. The summed E-state index contributed by atoms with van der Waals surface area (Å²) in [6, 6.07) is -0.0648. The average Bonchev–Trinajstić information content (AvgIpc) is 2.34. The molecule has 0 aromatic heterocycles. The maximum absolute atomic E-state index is 10.3. The van der Waals surface area contributed by atoms with Crippen molar-refractivity contribution in [2.75, 3.05) is 6.54 Å². The van der Waals surface area contributed by atoms with Crippen LogP contribution in [0.4, 0.5) is 0 Å². The molecule has 1 fully saturated rings. The van der Waals surface area contributed by atoms with Gasteiger partial charge < -0.3 is 10.0 Å². The Morgan fingerprint density at radius 3 is 3.00 bits per heavy atom. The Balaban J connectivity index is 2.43. The molecule has 1 aliphatic heterocycles. The van der Waals surface area contributed by atoms with Crippen LogP contribution in [0.5, 0.6) is 0 Å². The fourth-order valence-electron chi connectivity index (χ4n) is 1.42. The second-order valence-corrected chi connectivity index (χ2v) is 2.74. The van der Waals surface area contributed by atoms with E-state index in [1.807, 2.05) is 0 Å². The zero-order valence-electron chi connectivity index (χ0n) is 6.19. The molecule has 0 radical (unpaired) electrons. The highest BCUT2D eigenvalue weighted by atomic mass is 16.4. The van der Waals surface area contributed by atoms with E-state index < -0.39 is 5.97 Å². The third kappa shape index (κ3) is 1.93. The van der Waals surface area contributed by atoms with Crippen molar-refractivity contribution in [2.45, 2.75) is 25.3 Å². The van der Waals surface area contributed by atoms with Gasteiger partial charge in [-0.05, 0) is 12.8 Å². The largest absolute Gasteiger partial charge is 0.481 e. The smallest absolute Gasteiger partial charge is 0.305 e. The molecule has 1 amide bonds. The fourth-order valence-corrected chi connectivity index (χ4v) is 1.42. The normalized spacial score (nSPS) is 23.6. The van der Waals surface area contributed by atoms with Crippen molar-refractivity contribution < 1.29 is 14.7 Å². The molecule has 4 heteroatoms. The monoisotopic (exact) mass is 157 g/mol. The van der Waals surface area contributed by atoms with E-state index in [9.17, 15) is 9.59 Å². The topological polar surface area (TPSA) is 57.6 Å². The summed E-state index contributed by atoms with van der Waals surface area (Å²) in [5.41, 5.74) is 0. The van der Waals surface area contributed by atoms with Crippen LogP contribution < -0.4 is 0 Å². The molecule has 1 saturated heterocycles. The minimum Gasteiger partial charge on any atom is -0.481 e. The molecule has 11 heavy (non-hydrogen) atoms. The number of hydrogen-bond donors (Lipinski definition) is 1. The second-order valence-electron chi connectivity index (χ2n) is 2.74. The Kier molecular flexibility index (Phi) is 2.46. The molecule has 62 valence electrons. The molecule has 1 atom stereocenters. The van der Waals surface area contributed by atoms with E-state index >= 15 is 0 Å². The number of rotatable bonds is 3. The minimum atomic E-state index is -0.830. The van der Waals surface area contributed by atoms with Crippen LogP contribution in [0, 0.1) is 0 Å². The highest BCUT2D eigenvalue weighted by molar-refractivity contribution is 5.68. The molecule has 0 aliphatic carbocycles. The molecule has 1 aliphatic rings. The number of likely N-dealkylation sites (tertiary alicyclic amines) is 1. The van der Waals surface area contributed by atoms with Crippen molar-refractivity contribution in [1.82, 2.24) is 4.90 Å². The predicted octanol–water partition coefficient (Wildman–Crippen LogP) is 0.0819. The van der Waals surface area contributed by atoms with Crippen LogP contribution in [-0.4, -0.2) is 35.0 Å². The maximum Gasteiger partial charge on any atom is 0.305 e. The molecular formula is C7H11NO3. The highest BCUT2D eigenvalue weighted by Crippen LogP contribution is 2.17. The first kappa shape index (κ1) is 8.04. The van der Waals surface area contributed by atoms with Crippen LogP contribution in [0.25, 0.3) is 0 Å². The van der Waals surface area contributed by atoms with E-state index in [0.29, 0.717) is 6.54 Å². The lowest BCUT2D eigenvalue weighted by molar-refractivity contribution is -0.138. The van der Waals surface area contributed by atoms with Gasteiger partial charge in [0.05, 0.1) is 6.42 Å². The van der Waals surface area contributed by atoms with Crippen LogP contribution >= 0.6 is 0 Å². The van der Waals surface area contributed by atoms with Gasteiger partial charge in [0.25, 0.3) is 0 Å². The number of hydrogen-bond acceptors (Lipinski definition) is 2. The third-order valence-corrected chi connectivity index (χ3v) is 1.97. The minimum absolute atomic E-state index is 0.0648. The van der Waals surface area contributed by atoms with Crippen LogP contribution in [-0.2, 0) is 9.59 Å². The van der Waals surface area contributed by atoms with Crippen LogP contribution in [0.2, 0.25) is 0 Å². The first-order valence-corrected chi connectivity index (χ1v) is 3.67. The van der Waals surface area contributed by atoms with Crippen LogP contribution in [0.3, 0.4) is 0 Å². The SMILES string of the molecule is O=CN1CCCC1CC(=O)O. The number of carboxylic acid groups (broad SMARTS) is 1. The number of aliphatic carboxylic acids is 1. The molecule has 1 unspecified atom stereocenters. The Labute approximate surface area is 64.8 Å². The van der Waals surface area contributed by atoms with Gasteiger partial charge in [-0.25, -0.2) is 0 Å². The summed E-state index contributed by atoms with van der Waals surface area (Å²) < 4.78 is 0. The van der Waals surface area contributed by atoms with Crippen molar-refractivity contribution in [3.63, 3.8) is 0 Å². The predicted molar refractivity (Wildman–Crippen MR) is 38.0 cm³/mol. The molecular weight excluding hydrogens is 146 g/mol. The quantitative estimate of drug-likeness (QED) is 0.590. The number of carboxylic acids is 1. The second kappa shape index (κ2) is 3.37. The van der Waals surface area contributed by atoms with Gasteiger partial charge in [0, 0.05) is 12.6 Å². The first-order valence-electron chi connectivity index (χ1n) is 3.67. The first-order chi connectivity index (χ1) is 5.24. The Morgan fingerprint density at radius 2 is 2.45 bits per heavy atom. The lowest BCUT2D eigenvalue weighted by Gasteiger charge is -2.17. The summed E-state index contributed by atoms with van der Waals surface area (Å²) in [6.07, 6.45) is 2.57. The summed E-state index contributed by atoms with van der Waals surface area (Å²) in [6.45, 7) is 0.710. The van der Waals surface area contributed by atoms with E-state index in [4.69, 9.17) is 5.11 Å². The van der Waals surface area contributed by atoms with E-state index in [1.165, 1.54) is 0 Å². The van der Waals surface area contributed by atoms with Crippen LogP contribution in [0.1, 0.15) is 19.3 Å². The number of amides is 1. The molecule has 1 N–H and O–H groups in total. The van der Waals surface area contributed by atoms with Gasteiger partial charge in [-0.15, -0.1) is 0 Å². The highest BCUT2D eigenvalue weighted by Gasteiger charge is 2.24. The zero-order chi connectivity index (χ0) is 8.27. The summed E-state index contributed by atoms with van der Waals surface area (Å²) in [5.74, 6) is -0.830. The summed E-state index contributed by atoms with van der Waals surface area (Å²) in [4.78, 5) is 22.2. The van der Waals surface area contributed by atoms with Gasteiger partial charge in [-0.2, -0.15) is 0 Å². The third-order valence-electron chi connectivity index (χ3n) is 1.97. The Hall–Kier alpha value is -1.06. The number of nitrogens with zero attached hydrogens (tertiary/aromatic N) is 1. The van der Waals surface area contributed by atoms with E-state index in [1.54, 1.807) is 4.90 Å². The Morgan fingerprint density at radius 1 is 1.73 bits per heavy atom. The van der Waals surface area contributed by atoms with Crippen molar-refractivity contribution in [3.8, 4) is 0 Å². The molecule has 0 saturated carbocycles. The maximum atomic E-state index is 10.3. The zero-order valence-corrected chi connectivity index (χ0v) is 6.19. The van der Waals surface area contributed by atoms with E-state index in [0.717, 1.165) is 19.3 Å². The van der Waals surface area contributed by atoms with E-state index in [2.05, 4.69) is 0 Å². The lowest BCUT2D eigenvalue weighted by Crippen LogP contribution is -2.29. The molecule has 0 spiro atoms. The fraction of sp³-hybridized carbons (Fsp3) is 0.714. The molecule has 1 rings (SSSR count). The van der Waals surface area contributed by atoms with Crippen molar-refractivity contribution >= 4 is 12.4 Å². The summed E-state index contributed by atoms with van der Waals surface area (Å²) >= 11 is 0. The molecule has 0 aromatic carbocycles. The molecule has 1 heterocycles.